The molecule has 0 saturated carbocycles. The van der Waals surface area contributed by atoms with Crippen LogP contribution in [0, 0.1) is 13.8 Å². The third kappa shape index (κ3) is 4.90. The highest BCUT2D eigenvalue weighted by Gasteiger charge is 2.34. The summed E-state index contributed by atoms with van der Waals surface area (Å²) in [5, 5.41) is 12.2. The van der Waals surface area contributed by atoms with Crippen LogP contribution in [-0.4, -0.2) is 41.8 Å². The maximum atomic E-state index is 12.5. The molecule has 1 atom stereocenters. The lowest BCUT2D eigenvalue weighted by Crippen LogP contribution is -2.24. The molecule has 0 radical (unpaired) electrons. The Morgan fingerprint density at radius 3 is 2.74 bits per heavy atom. The summed E-state index contributed by atoms with van der Waals surface area (Å²) in [4.78, 5) is 26.2. The number of carbonyl (C=O) groups is 2. The number of benzene rings is 1. The van der Waals surface area contributed by atoms with Crippen molar-refractivity contribution in [1.29, 1.82) is 0 Å². The van der Waals surface area contributed by atoms with Gasteiger partial charge in [-0.15, -0.1) is 10.2 Å². The second kappa shape index (κ2) is 8.58. The molecule has 1 aromatic carbocycles. The maximum absolute atomic E-state index is 12.5. The van der Waals surface area contributed by atoms with Gasteiger partial charge < -0.3 is 15.0 Å². The Labute approximate surface area is 162 Å². The fourth-order valence-electron chi connectivity index (χ4n) is 3.17. The van der Waals surface area contributed by atoms with Crippen molar-refractivity contribution in [2.24, 2.45) is 0 Å². The fraction of sp³-hybridized carbons (Fsp3) is 0.474. The van der Waals surface area contributed by atoms with Crippen molar-refractivity contribution in [3.05, 3.63) is 34.3 Å². The molecule has 1 aromatic heterocycles. The van der Waals surface area contributed by atoms with E-state index in [4.69, 9.17) is 4.74 Å². The average Bonchev–Trinajstić information content (AvgIpc) is 3.21. The lowest BCUT2D eigenvalue weighted by Gasteiger charge is -2.17. The zero-order valence-corrected chi connectivity index (χ0v) is 16.6. The lowest BCUT2D eigenvalue weighted by atomic mass is 10.1. The Kier molecular flexibility index (Phi) is 6.18. The van der Waals surface area contributed by atoms with Gasteiger partial charge in [0.05, 0.1) is 13.0 Å². The summed E-state index contributed by atoms with van der Waals surface area (Å²) in [5.74, 6) is -0.0714. The van der Waals surface area contributed by atoms with Crippen LogP contribution in [0.5, 0.6) is 0 Å². The fourth-order valence-corrected chi connectivity index (χ4v) is 4.02. The third-order valence-electron chi connectivity index (χ3n) is 4.36. The van der Waals surface area contributed by atoms with Gasteiger partial charge in [-0.25, -0.2) is 0 Å². The molecule has 1 aliphatic rings. The third-order valence-corrected chi connectivity index (χ3v) is 5.36. The highest BCUT2D eigenvalue weighted by atomic mass is 32.1. The van der Waals surface area contributed by atoms with Crippen molar-refractivity contribution in [3.8, 4) is 0 Å². The first-order chi connectivity index (χ1) is 13.0. The van der Waals surface area contributed by atoms with E-state index >= 15 is 0 Å². The van der Waals surface area contributed by atoms with Gasteiger partial charge in [0.25, 0.3) is 0 Å². The van der Waals surface area contributed by atoms with E-state index in [1.807, 2.05) is 37.8 Å². The van der Waals surface area contributed by atoms with Gasteiger partial charge in [-0.1, -0.05) is 17.4 Å². The molecule has 0 spiro atoms. The highest BCUT2D eigenvalue weighted by molar-refractivity contribution is 7.15. The number of hydrogen-bond acceptors (Lipinski definition) is 6. The van der Waals surface area contributed by atoms with E-state index in [9.17, 15) is 9.59 Å². The monoisotopic (exact) mass is 388 g/mol. The van der Waals surface area contributed by atoms with E-state index in [1.165, 1.54) is 11.3 Å². The number of nitrogens with one attached hydrogen (secondary N) is 1. The van der Waals surface area contributed by atoms with Crippen LogP contribution in [0.2, 0.25) is 0 Å². The number of carbonyl (C=O) groups excluding carboxylic acids is 2. The highest BCUT2D eigenvalue weighted by Crippen LogP contribution is 2.34. The molecule has 0 aliphatic carbocycles. The Hall–Kier alpha value is -2.32. The summed E-state index contributed by atoms with van der Waals surface area (Å²) in [5.41, 5.74) is 3.19. The largest absolute Gasteiger partial charge is 0.381 e. The number of nitrogens with zero attached hydrogens (tertiary/aromatic N) is 3. The number of amides is 2. The van der Waals surface area contributed by atoms with Gasteiger partial charge in [-0.3, -0.25) is 9.59 Å². The van der Waals surface area contributed by atoms with E-state index in [2.05, 4.69) is 21.6 Å². The first-order valence-corrected chi connectivity index (χ1v) is 9.87. The van der Waals surface area contributed by atoms with Crippen molar-refractivity contribution < 1.29 is 14.3 Å². The lowest BCUT2D eigenvalue weighted by molar-refractivity contribution is -0.118. The molecule has 1 aliphatic heterocycles. The molecule has 1 fully saturated rings. The number of anilines is 2. The maximum Gasteiger partial charge on any atom is 0.228 e. The van der Waals surface area contributed by atoms with Crippen LogP contribution >= 0.6 is 11.3 Å². The predicted octanol–water partition coefficient (Wildman–Crippen LogP) is 3.04. The Balaban J connectivity index is 1.64. The number of aromatic nitrogens is 2. The van der Waals surface area contributed by atoms with Crippen molar-refractivity contribution in [2.45, 2.75) is 39.5 Å². The minimum absolute atomic E-state index is 0.00936. The molecular weight excluding hydrogens is 364 g/mol. The van der Waals surface area contributed by atoms with Crippen LogP contribution in [0.3, 0.4) is 0 Å². The molecule has 2 heterocycles. The summed E-state index contributed by atoms with van der Waals surface area (Å²) < 4.78 is 5.17. The molecule has 3 rings (SSSR count). The molecule has 27 heavy (non-hydrogen) atoms. The van der Waals surface area contributed by atoms with E-state index in [-0.39, 0.29) is 24.2 Å². The molecule has 2 amide bonds. The van der Waals surface area contributed by atoms with Crippen molar-refractivity contribution in [3.63, 3.8) is 0 Å². The predicted molar refractivity (Wildman–Crippen MR) is 105 cm³/mol. The van der Waals surface area contributed by atoms with Crippen LogP contribution in [0.25, 0.3) is 0 Å². The van der Waals surface area contributed by atoms with E-state index in [1.54, 1.807) is 0 Å². The minimum Gasteiger partial charge on any atom is -0.381 e. The van der Waals surface area contributed by atoms with Crippen LogP contribution in [0.15, 0.2) is 18.2 Å². The molecule has 1 N–H and O–H groups in total. The number of ether oxygens (including phenoxy) is 1. The van der Waals surface area contributed by atoms with Crippen LogP contribution < -0.4 is 10.2 Å². The van der Waals surface area contributed by atoms with Crippen LogP contribution in [0.1, 0.15) is 41.8 Å². The second-order valence-electron chi connectivity index (χ2n) is 6.69. The summed E-state index contributed by atoms with van der Waals surface area (Å²) in [6.45, 7) is 7.49. The Bertz CT molecular complexity index is 816. The van der Waals surface area contributed by atoms with Gasteiger partial charge in [0, 0.05) is 31.2 Å². The SMILES string of the molecule is CCOCCC(=O)Nc1nnc([C@H]2CC(=O)N(c3cc(C)cc(C)c3)C2)s1. The van der Waals surface area contributed by atoms with Gasteiger partial charge in [-0.2, -0.15) is 0 Å². The summed E-state index contributed by atoms with van der Waals surface area (Å²) in [7, 11) is 0. The summed E-state index contributed by atoms with van der Waals surface area (Å²) in [6, 6.07) is 6.14. The Morgan fingerprint density at radius 1 is 1.30 bits per heavy atom. The first kappa shape index (κ1) is 19.4. The Morgan fingerprint density at radius 2 is 2.04 bits per heavy atom. The molecule has 0 bridgehead atoms. The number of aryl methyl sites for hydroxylation is 2. The topological polar surface area (TPSA) is 84.4 Å². The molecule has 1 saturated heterocycles. The second-order valence-corrected chi connectivity index (χ2v) is 7.70. The van der Waals surface area contributed by atoms with E-state index < -0.39 is 0 Å². The number of hydrogen-bond donors (Lipinski definition) is 1. The van der Waals surface area contributed by atoms with Crippen molar-refractivity contribution in [1.82, 2.24) is 10.2 Å². The van der Waals surface area contributed by atoms with Crippen LogP contribution in [0.4, 0.5) is 10.8 Å². The minimum atomic E-state index is -0.148. The van der Waals surface area contributed by atoms with Crippen molar-refractivity contribution in [2.75, 3.05) is 30.0 Å². The summed E-state index contributed by atoms with van der Waals surface area (Å²) >= 11 is 1.33. The normalized spacial score (nSPS) is 16.8. The van der Waals surface area contributed by atoms with Gasteiger partial charge in [0.15, 0.2) is 0 Å². The molecule has 144 valence electrons. The van der Waals surface area contributed by atoms with Crippen molar-refractivity contribution >= 4 is 34.0 Å². The van der Waals surface area contributed by atoms with E-state index in [0.717, 1.165) is 21.8 Å². The molecule has 8 heteroatoms. The first-order valence-electron chi connectivity index (χ1n) is 9.06. The molecule has 7 nitrogen and oxygen atoms in total. The zero-order valence-electron chi connectivity index (χ0n) is 15.8. The van der Waals surface area contributed by atoms with Gasteiger partial charge in [-0.05, 0) is 44.0 Å². The summed E-state index contributed by atoms with van der Waals surface area (Å²) in [6.07, 6.45) is 0.686. The van der Waals surface area contributed by atoms with Crippen LogP contribution in [-0.2, 0) is 14.3 Å². The standard InChI is InChI=1S/C19H24N4O3S/c1-4-26-6-5-16(24)20-19-22-21-18(27-19)14-10-17(25)23(11-14)15-8-12(2)7-13(3)9-15/h7-9,14H,4-6,10-11H2,1-3H3,(H,20,22,24)/t14-/m0/s1. The molecule has 0 unspecified atom stereocenters. The quantitative estimate of drug-likeness (QED) is 0.737. The van der Waals surface area contributed by atoms with Gasteiger partial charge in [0.2, 0.25) is 16.9 Å². The molecule has 2 aromatic rings. The zero-order chi connectivity index (χ0) is 19.4. The molecular formula is C19H24N4O3S. The smallest absolute Gasteiger partial charge is 0.228 e. The number of rotatable bonds is 7. The van der Waals surface area contributed by atoms with Gasteiger partial charge >= 0.3 is 0 Å². The van der Waals surface area contributed by atoms with E-state index in [0.29, 0.717) is 31.3 Å². The average molecular weight is 388 g/mol. The van der Waals surface area contributed by atoms with Gasteiger partial charge in [0.1, 0.15) is 5.01 Å².